The first kappa shape index (κ1) is 27.0. The summed E-state index contributed by atoms with van der Waals surface area (Å²) in [4.78, 5) is 5.12. The van der Waals surface area contributed by atoms with Crippen molar-refractivity contribution in [3.05, 3.63) is 113 Å². The van der Waals surface area contributed by atoms with Crippen molar-refractivity contribution in [2.45, 2.75) is 25.6 Å². The van der Waals surface area contributed by atoms with Gasteiger partial charge in [-0.15, -0.1) is 0 Å². The van der Waals surface area contributed by atoms with Gasteiger partial charge in [0.15, 0.2) is 35.7 Å². The maximum Gasteiger partial charge on any atom is 0.231 e. The van der Waals surface area contributed by atoms with Crippen LogP contribution in [0, 0.1) is 0 Å². The number of fused-ring (bicyclic) bond motifs is 5. The number of hydrogen-bond donors (Lipinski definition) is 1. The molecule has 0 atom stereocenters. The van der Waals surface area contributed by atoms with E-state index in [-0.39, 0.29) is 18.6 Å². The predicted molar refractivity (Wildman–Crippen MR) is 169 cm³/mol. The Labute approximate surface area is 257 Å². The Morgan fingerprint density at radius 2 is 1.52 bits per heavy atom. The van der Waals surface area contributed by atoms with E-state index in [9.17, 15) is 5.11 Å². The molecular weight excluding hydrogens is 550 g/mol. The van der Waals surface area contributed by atoms with E-state index < -0.39 is 0 Å². The highest BCUT2D eigenvalue weighted by Crippen LogP contribution is 2.42. The first-order valence-electron chi connectivity index (χ1n) is 15.4. The second-order valence-electron chi connectivity index (χ2n) is 11.9. The zero-order valence-corrected chi connectivity index (χ0v) is 24.9. The topological polar surface area (TPSA) is 58.3 Å². The molecule has 0 radical (unpaired) electrons. The number of piperazine rings is 1. The minimum absolute atomic E-state index is 0.191. The van der Waals surface area contributed by atoms with Crippen molar-refractivity contribution in [2.75, 3.05) is 40.1 Å². The number of ether oxygens (including phenoxy) is 3. The van der Waals surface area contributed by atoms with Gasteiger partial charge in [-0.25, -0.2) is 0 Å². The number of aromatic nitrogens is 1. The maximum atomic E-state index is 11.2. The third kappa shape index (κ3) is 4.73. The molecule has 4 heterocycles. The number of nitrogens with zero attached hydrogens (tertiary/aromatic N) is 3. The number of benzene rings is 4. The lowest BCUT2D eigenvalue weighted by Gasteiger charge is -2.40. The molecule has 1 fully saturated rings. The molecule has 0 bridgehead atoms. The SMILES string of the molecule is COc1cc(CN2CCN(C(c3ccccc3)c3ccccc3)CC2)c2cc3[n+](cc2c1O)CCc1cc2c(cc1-3)OCO2. The van der Waals surface area contributed by atoms with Crippen LogP contribution < -0.4 is 18.8 Å². The molecule has 0 saturated carbocycles. The number of aryl methyl sites for hydroxylation is 2. The zero-order chi connectivity index (χ0) is 29.6. The third-order valence-electron chi connectivity index (χ3n) is 9.42. The number of pyridine rings is 1. The Balaban J connectivity index is 1.10. The molecule has 0 spiro atoms. The van der Waals surface area contributed by atoms with E-state index in [0.29, 0.717) is 5.75 Å². The van der Waals surface area contributed by atoms with Crippen molar-refractivity contribution in [3.8, 4) is 34.3 Å². The molecule has 1 N–H and O–H groups in total. The van der Waals surface area contributed by atoms with Crippen LogP contribution >= 0.6 is 0 Å². The van der Waals surface area contributed by atoms with Gasteiger partial charge >= 0.3 is 0 Å². The fourth-order valence-corrected chi connectivity index (χ4v) is 7.16. The van der Waals surface area contributed by atoms with Gasteiger partial charge in [-0.1, -0.05) is 60.7 Å². The predicted octanol–water partition coefficient (Wildman–Crippen LogP) is 5.70. The molecule has 7 heteroatoms. The fourth-order valence-electron chi connectivity index (χ4n) is 7.16. The summed E-state index contributed by atoms with van der Waals surface area (Å²) in [6, 6.07) is 30.4. The van der Waals surface area contributed by atoms with Crippen LogP contribution in [0.1, 0.15) is 28.3 Å². The van der Waals surface area contributed by atoms with Gasteiger partial charge in [-0.3, -0.25) is 9.80 Å². The molecule has 0 amide bonds. The van der Waals surface area contributed by atoms with E-state index in [2.05, 4.69) is 99.4 Å². The minimum Gasteiger partial charge on any atom is -0.504 e. The lowest BCUT2D eigenvalue weighted by molar-refractivity contribution is -0.686. The van der Waals surface area contributed by atoms with E-state index in [1.165, 1.54) is 16.7 Å². The molecule has 0 unspecified atom stereocenters. The summed E-state index contributed by atoms with van der Waals surface area (Å²) < 4.78 is 19.3. The van der Waals surface area contributed by atoms with Gasteiger partial charge in [0.2, 0.25) is 12.5 Å². The monoisotopic (exact) mass is 586 g/mol. The van der Waals surface area contributed by atoms with Gasteiger partial charge in [-0.2, -0.15) is 4.57 Å². The van der Waals surface area contributed by atoms with Crippen LogP contribution in [0.15, 0.2) is 91.1 Å². The van der Waals surface area contributed by atoms with Gasteiger partial charge in [0.05, 0.1) is 24.1 Å². The van der Waals surface area contributed by atoms with E-state index >= 15 is 0 Å². The van der Waals surface area contributed by atoms with Gasteiger partial charge in [0.1, 0.15) is 0 Å². The maximum absolute atomic E-state index is 11.2. The smallest absolute Gasteiger partial charge is 0.231 e. The summed E-state index contributed by atoms with van der Waals surface area (Å²) >= 11 is 0. The second kappa shape index (κ2) is 11.2. The Kier molecular flexibility index (Phi) is 6.85. The zero-order valence-electron chi connectivity index (χ0n) is 24.9. The summed E-state index contributed by atoms with van der Waals surface area (Å²) in [5.41, 5.74) is 7.35. The van der Waals surface area contributed by atoms with Crippen molar-refractivity contribution >= 4 is 10.8 Å². The minimum atomic E-state index is 0.191. The van der Waals surface area contributed by atoms with Crippen LogP contribution in [0.25, 0.3) is 22.0 Å². The summed E-state index contributed by atoms with van der Waals surface area (Å²) in [5, 5.41) is 13.1. The average molecular weight is 587 g/mol. The molecule has 3 aliphatic heterocycles. The van der Waals surface area contributed by atoms with Crippen LogP contribution in [0.3, 0.4) is 0 Å². The molecule has 4 aromatic carbocycles. The number of hydrogen-bond acceptors (Lipinski definition) is 6. The summed E-state index contributed by atoms with van der Waals surface area (Å²) in [5.74, 6) is 2.31. The summed E-state index contributed by atoms with van der Waals surface area (Å²) in [7, 11) is 1.63. The lowest BCUT2D eigenvalue weighted by atomic mass is 9.93. The Morgan fingerprint density at radius 3 is 2.20 bits per heavy atom. The van der Waals surface area contributed by atoms with Crippen LogP contribution in [-0.4, -0.2) is 55.0 Å². The van der Waals surface area contributed by atoms with Crippen molar-refractivity contribution in [3.63, 3.8) is 0 Å². The number of aromatic hydroxyl groups is 1. The van der Waals surface area contributed by atoms with Gasteiger partial charge < -0.3 is 19.3 Å². The van der Waals surface area contributed by atoms with Crippen molar-refractivity contribution in [1.29, 1.82) is 0 Å². The van der Waals surface area contributed by atoms with Crippen LogP contribution in [0.4, 0.5) is 0 Å². The van der Waals surface area contributed by atoms with Gasteiger partial charge in [0.25, 0.3) is 0 Å². The largest absolute Gasteiger partial charge is 0.504 e. The summed E-state index contributed by atoms with van der Waals surface area (Å²) in [6.07, 6.45) is 2.98. The molecule has 3 aliphatic rings. The highest BCUT2D eigenvalue weighted by molar-refractivity contribution is 5.94. The van der Waals surface area contributed by atoms with Crippen LogP contribution in [0.5, 0.6) is 23.0 Å². The van der Waals surface area contributed by atoms with Crippen molar-refractivity contribution in [2.24, 2.45) is 0 Å². The molecule has 1 saturated heterocycles. The van der Waals surface area contributed by atoms with Crippen molar-refractivity contribution < 1.29 is 23.9 Å². The number of rotatable bonds is 6. The summed E-state index contributed by atoms with van der Waals surface area (Å²) in [6.45, 7) is 5.70. The molecule has 0 aliphatic carbocycles. The Bertz CT molecular complexity index is 1800. The standard InChI is InChI=1S/C37H35N3O4/c1-42-35-19-28(22-38-14-16-39(17-15-38)36(25-8-4-2-5-9-25)26-10-6-3-7-11-26)29-20-32-30-21-34-33(43-24-44-34)18-27(30)12-13-40(32)23-31(29)37(35)41/h2-11,18-21,23,36H,12-17,22,24H2,1H3/p+1. The highest BCUT2D eigenvalue weighted by atomic mass is 16.7. The first-order chi connectivity index (χ1) is 21.7. The molecule has 222 valence electrons. The van der Waals surface area contributed by atoms with E-state index in [4.69, 9.17) is 14.2 Å². The third-order valence-corrected chi connectivity index (χ3v) is 9.42. The normalized spacial score (nSPS) is 16.2. The van der Waals surface area contributed by atoms with Gasteiger partial charge in [-0.05, 0) is 40.5 Å². The fraction of sp³-hybridized carbons (Fsp3) is 0.270. The second-order valence-corrected chi connectivity index (χ2v) is 11.9. The number of phenolic OH excluding ortho intramolecular Hbond substituents is 1. The number of phenols is 1. The van der Waals surface area contributed by atoms with Crippen molar-refractivity contribution in [1.82, 2.24) is 9.80 Å². The molecule has 7 nitrogen and oxygen atoms in total. The Morgan fingerprint density at radius 1 is 0.841 bits per heavy atom. The highest BCUT2D eigenvalue weighted by Gasteiger charge is 2.31. The Hall–Kier alpha value is -4.59. The van der Waals surface area contributed by atoms with Crippen LogP contribution in [-0.2, 0) is 19.5 Å². The number of methoxy groups -OCH3 is 1. The van der Waals surface area contributed by atoms with E-state index in [1.807, 2.05) is 6.07 Å². The van der Waals surface area contributed by atoms with E-state index in [0.717, 1.165) is 84.8 Å². The quantitative estimate of drug-likeness (QED) is 0.258. The molecule has 1 aromatic heterocycles. The van der Waals surface area contributed by atoms with Crippen LogP contribution in [0.2, 0.25) is 0 Å². The molecule has 5 aromatic rings. The molecular formula is C37H36N3O4+. The molecule has 8 rings (SSSR count). The van der Waals surface area contributed by atoms with E-state index in [1.54, 1.807) is 7.11 Å². The molecule has 44 heavy (non-hydrogen) atoms. The average Bonchev–Trinajstić information content (AvgIpc) is 3.54. The first-order valence-corrected chi connectivity index (χ1v) is 15.4. The lowest BCUT2D eigenvalue weighted by Crippen LogP contribution is -2.47. The van der Waals surface area contributed by atoms with Gasteiger partial charge in [0, 0.05) is 50.6 Å².